The Hall–Kier alpha value is -2.62. The van der Waals surface area contributed by atoms with Crippen molar-refractivity contribution in [3.8, 4) is 6.07 Å². The Balaban J connectivity index is 3.10. The Morgan fingerprint density at radius 1 is 1.55 bits per heavy atom. The molecule has 0 spiro atoms. The molecule has 0 radical (unpaired) electrons. The van der Waals surface area contributed by atoms with Crippen LogP contribution in [0.25, 0.3) is 0 Å². The number of carbonyl (C=O) groups excluding carboxylic acids is 2. The number of rotatable bonds is 4. The first-order valence-electron chi connectivity index (χ1n) is 5.97. The van der Waals surface area contributed by atoms with Crippen LogP contribution in [0.1, 0.15) is 27.8 Å². The second-order valence-corrected chi connectivity index (χ2v) is 4.22. The second kappa shape index (κ2) is 6.52. The zero-order valence-electron chi connectivity index (χ0n) is 11.9. The van der Waals surface area contributed by atoms with Gasteiger partial charge in [-0.05, 0) is 13.8 Å². The topological polar surface area (TPSA) is 88.2 Å². The molecule has 0 aliphatic heterocycles. The number of hydrogen-bond donors (Lipinski definition) is 0. The third-order valence-electron chi connectivity index (χ3n) is 2.34. The average Bonchev–Trinajstić information content (AvgIpc) is 2.77. The van der Waals surface area contributed by atoms with Gasteiger partial charge in [0.15, 0.2) is 0 Å². The summed E-state index contributed by atoms with van der Waals surface area (Å²) in [5.41, 5.74) is 0.509. The maximum Gasteiger partial charge on any atom is 0.341 e. The standard InChI is InChI=1S/C13H16N4O3/c1-5-20-13(19)11-8-17(15-9(11)2)12(18)10(6-14)7-16(3)4/h7-8H,5H2,1-4H3. The summed E-state index contributed by atoms with van der Waals surface area (Å²) in [7, 11) is 3.39. The highest BCUT2D eigenvalue weighted by Gasteiger charge is 2.19. The van der Waals surface area contributed by atoms with Crippen molar-refractivity contribution in [2.45, 2.75) is 13.8 Å². The fourth-order valence-corrected chi connectivity index (χ4v) is 1.49. The fourth-order valence-electron chi connectivity index (χ4n) is 1.49. The van der Waals surface area contributed by atoms with Crippen LogP contribution in [0.4, 0.5) is 0 Å². The molecule has 0 aliphatic rings. The molecule has 7 nitrogen and oxygen atoms in total. The Morgan fingerprint density at radius 2 is 2.20 bits per heavy atom. The minimum atomic E-state index is -0.597. The Kier molecular flexibility index (Phi) is 5.03. The van der Waals surface area contributed by atoms with Crippen LogP contribution < -0.4 is 0 Å². The van der Waals surface area contributed by atoms with Crippen LogP contribution in [0.3, 0.4) is 0 Å². The molecule has 0 N–H and O–H groups in total. The van der Waals surface area contributed by atoms with Gasteiger partial charge in [0.1, 0.15) is 17.2 Å². The summed E-state index contributed by atoms with van der Waals surface area (Å²) >= 11 is 0. The highest BCUT2D eigenvalue weighted by molar-refractivity contribution is 5.99. The molecule has 106 valence electrons. The lowest BCUT2D eigenvalue weighted by Crippen LogP contribution is -2.16. The summed E-state index contributed by atoms with van der Waals surface area (Å²) in [6.07, 6.45) is 2.67. The van der Waals surface area contributed by atoms with Crippen molar-refractivity contribution in [1.82, 2.24) is 14.7 Å². The van der Waals surface area contributed by atoms with E-state index in [1.807, 2.05) is 6.07 Å². The molecule has 0 aromatic carbocycles. The van der Waals surface area contributed by atoms with E-state index in [4.69, 9.17) is 10.00 Å². The maximum atomic E-state index is 12.1. The van der Waals surface area contributed by atoms with Crippen molar-refractivity contribution in [2.24, 2.45) is 0 Å². The number of nitriles is 1. The van der Waals surface area contributed by atoms with E-state index in [-0.39, 0.29) is 17.7 Å². The summed E-state index contributed by atoms with van der Waals surface area (Å²) in [6.45, 7) is 3.52. The zero-order chi connectivity index (χ0) is 15.3. The van der Waals surface area contributed by atoms with Crippen LogP contribution in [-0.2, 0) is 4.74 Å². The Labute approximate surface area is 117 Å². The molecule has 20 heavy (non-hydrogen) atoms. The molecule has 0 unspecified atom stereocenters. The molecule has 0 atom stereocenters. The molecule has 1 heterocycles. The van der Waals surface area contributed by atoms with Crippen molar-refractivity contribution in [1.29, 1.82) is 5.26 Å². The summed E-state index contributed by atoms with van der Waals surface area (Å²) < 4.78 is 5.83. The van der Waals surface area contributed by atoms with Gasteiger partial charge in [-0.25, -0.2) is 9.48 Å². The lowest BCUT2D eigenvalue weighted by molar-refractivity contribution is 0.0525. The van der Waals surface area contributed by atoms with Crippen LogP contribution in [-0.4, -0.2) is 47.3 Å². The average molecular weight is 276 g/mol. The van der Waals surface area contributed by atoms with E-state index in [0.29, 0.717) is 5.69 Å². The van der Waals surface area contributed by atoms with Crippen molar-refractivity contribution >= 4 is 11.9 Å². The van der Waals surface area contributed by atoms with Crippen molar-refractivity contribution in [2.75, 3.05) is 20.7 Å². The van der Waals surface area contributed by atoms with Gasteiger partial charge in [-0.2, -0.15) is 10.4 Å². The molecule has 0 bridgehead atoms. The summed E-state index contributed by atoms with van der Waals surface area (Å²) in [5.74, 6) is -1.14. The number of aryl methyl sites for hydroxylation is 1. The van der Waals surface area contributed by atoms with E-state index in [0.717, 1.165) is 4.68 Å². The smallest absolute Gasteiger partial charge is 0.341 e. The Bertz CT molecular complexity index is 593. The van der Waals surface area contributed by atoms with E-state index in [1.54, 1.807) is 32.8 Å². The van der Waals surface area contributed by atoms with E-state index in [2.05, 4.69) is 5.10 Å². The minimum Gasteiger partial charge on any atom is -0.462 e. The van der Waals surface area contributed by atoms with Crippen molar-refractivity contribution in [3.63, 3.8) is 0 Å². The quantitative estimate of drug-likeness (QED) is 0.462. The van der Waals surface area contributed by atoms with Gasteiger partial charge in [0.2, 0.25) is 0 Å². The van der Waals surface area contributed by atoms with Crippen molar-refractivity contribution in [3.05, 3.63) is 29.2 Å². The molecule has 0 saturated carbocycles. The number of aromatic nitrogens is 2. The number of ether oxygens (including phenoxy) is 1. The van der Waals surface area contributed by atoms with Crippen LogP contribution >= 0.6 is 0 Å². The molecule has 7 heteroatoms. The number of nitrogens with zero attached hydrogens (tertiary/aromatic N) is 4. The van der Waals surface area contributed by atoms with E-state index in [1.165, 1.54) is 12.4 Å². The molecule has 1 rings (SSSR count). The largest absolute Gasteiger partial charge is 0.462 e. The molecular formula is C13H16N4O3. The Morgan fingerprint density at radius 3 is 2.70 bits per heavy atom. The fraction of sp³-hybridized carbons (Fsp3) is 0.385. The number of hydrogen-bond acceptors (Lipinski definition) is 6. The van der Waals surface area contributed by atoms with Gasteiger partial charge >= 0.3 is 5.97 Å². The molecule has 0 fully saturated rings. The van der Waals surface area contributed by atoms with Crippen LogP contribution in [0.5, 0.6) is 0 Å². The highest BCUT2D eigenvalue weighted by Crippen LogP contribution is 2.09. The first kappa shape index (κ1) is 15.4. The van der Waals surface area contributed by atoms with Crippen LogP contribution in [0, 0.1) is 18.3 Å². The van der Waals surface area contributed by atoms with E-state index in [9.17, 15) is 9.59 Å². The minimum absolute atomic E-state index is 0.0760. The molecule has 0 saturated heterocycles. The van der Waals surface area contributed by atoms with E-state index >= 15 is 0 Å². The van der Waals surface area contributed by atoms with E-state index < -0.39 is 11.9 Å². The van der Waals surface area contributed by atoms with Gasteiger partial charge in [0.05, 0.1) is 12.3 Å². The number of esters is 1. The second-order valence-electron chi connectivity index (χ2n) is 4.22. The zero-order valence-corrected chi connectivity index (χ0v) is 11.9. The SMILES string of the molecule is CCOC(=O)c1cn(C(=O)C(C#N)=CN(C)C)nc1C. The first-order valence-corrected chi connectivity index (χ1v) is 5.97. The third kappa shape index (κ3) is 3.45. The summed E-state index contributed by atoms with van der Waals surface area (Å²) in [6, 6.07) is 1.81. The monoisotopic (exact) mass is 276 g/mol. The lowest BCUT2D eigenvalue weighted by Gasteiger charge is -2.05. The first-order chi connectivity index (χ1) is 9.40. The number of allylic oxidation sites excluding steroid dienone is 1. The predicted octanol–water partition coefficient (Wildman–Crippen LogP) is 0.978. The highest BCUT2D eigenvalue weighted by atomic mass is 16.5. The molecular weight excluding hydrogens is 260 g/mol. The summed E-state index contributed by atoms with van der Waals surface area (Å²) in [4.78, 5) is 25.3. The van der Waals surface area contributed by atoms with Gasteiger partial charge < -0.3 is 9.64 Å². The summed E-state index contributed by atoms with van der Waals surface area (Å²) in [5, 5.41) is 12.9. The molecule has 0 amide bonds. The molecule has 1 aromatic heterocycles. The lowest BCUT2D eigenvalue weighted by atomic mass is 10.2. The third-order valence-corrected chi connectivity index (χ3v) is 2.34. The van der Waals surface area contributed by atoms with Crippen molar-refractivity contribution < 1.29 is 14.3 Å². The van der Waals surface area contributed by atoms with Gasteiger partial charge in [-0.3, -0.25) is 4.79 Å². The van der Waals surface area contributed by atoms with Gasteiger partial charge in [0, 0.05) is 26.5 Å². The maximum absolute atomic E-state index is 12.1. The van der Waals surface area contributed by atoms with Crippen LogP contribution in [0.2, 0.25) is 0 Å². The molecule has 0 aliphatic carbocycles. The van der Waals surface area contributed by atoms with Crippen LogP contribution in [0.15, 0.2) is 18.0 Å². The number of carbonyl (C=O) groups is 2. The predicted molar refractivity (Wildman–Crippen MR) is 70.9 cm³/mol. The molecule has 1 aromatic rings. The van der Waals surface area contributed by atoms with Gasteiger partial charge in [0.25, 0.3) is 5.91 Å². The van der Waals surface area contributed by atoms with Gasteiger partial charge in [-0.1, -0.05) is 0 Å². The normalized spacial score (nSPS) is 10.8. The van der Waals surface area contributed by atoms with Gasteiger partial charge in [-0.15, -0.1) is 0 Å².